The summed E-state index contributed by atoms with van der Waals surface area (Å²) in [6.45, 7) is 1.04. The lowest BCUT2D eigenvalue weighted by atomic mass is 10.1. The molecule has 0 atom stereocenters. The maximum absolute atomic E-state index is 9.37. The van der Waals surface area contributed by atoms with E-state index in [-0.39, 0.29) is 6.61 Å². The zero-order valence-corrected chi connectivity index (χ0v) is 13.0. The zero-order valence-electron chi connectivity index (χ0n) is 12.2. The van der Waals surface area contributed by atoms with E-state index in [4.69, 9.17) is 26.8 Å². The van der Waals surface area contributed by atoms with Crippen LogP contribution in [0.1, 0.15) is 19.3 Å². The molecule has 1 saturated carbocycles. The third-order valence-electron chi connectivity index (χ3n) is 3.92. The van der Waals surface area contributed by atoms with Gasteiger partial charge in [0.2, 0.25) is 5.79 Å². The van der Waals surface area contributed by atoms with Crippen LogP contribution in [0.2, 0.25) is 5.02 Å². The predicted molar refractivity (Wildman–Crippen MR) is 85.3 cm³/mol. The largest absolute Gasteiger partial charge is 0.400 e. The molecule has 0 amide bonds. The molecule has 1 aliphatic carbocycles. The first kappa shape index (κ1) is 15.5. The van der Waals surface area contributed by atoms with Crippen molar-refractivity contribution < 1.29 is 14.6 Å². The quantitative estimate of drug-likeness (QED) is 0.877. The molecule has 6 heteroatoms. The zero-order chi connectivity index (χ0) is 15.6. The lowest BCUT2D eigenvalue weighted by molar-refractivity contribution is -0.220. The molecule has 1 aliphatic heterocycles. The van der Waals surface area contributed by atoms with Gasteiger partial charge in [-0.05, 0) is 31.0 Å². The molecular formula is C16H19ClN2O3. The highest BCUT2D eigenvalue weighted by molar-refractivity contribution is 6.30. The van der Waals surface area contributed by atoms with Gasteiger partial charge in [0.15, 0.2) is 0 Å². The Bertz CT molecular complexity index is 622. The van der Waals surface area contributed by atoms with Crippen LogP contribution in [0.15, 0.2) is 40.5 Å². The summed E-state index contributed by atoms with van der Waals surface area (Å²) < 4.78 is 11.8. The van der Waals surface area contributed by atoms with E-state index in [0.717, 1.165) is 12.0 Å². The second kappa shape index (κ2) is 6.38. The molecule has 1 spiro atoms. The van der Waals surface area contributed by atoms with Crippen LogP contribution in [0.3, 0.4) is 0 Å². The minimum absolute atomic E-state index is 0.208. The van der Waals surface area contributed by atoms with E-state index in [2.05, 4.69) is 4.99 Å². The monoisotopic (exact) mass is 322 g/mol. The van der Waals surface area contributed by atoms with Gasteiger partial charge in [-0.1, -0.05) is 17.7 Å². The summed E-state index contributed by atoms with van der Waals surface area (Å²) in [4.78, 5) is 4.68. The molecule has 0 bridgehead atoms. The van der Waals surface area contributed by atoms with Gasteiger partial charge in [-0.15, -0.1) is 0 Å². The van der Waals surface area contributed by atoms with Gasteiger partial charge >= 0.3 is 0 Å². The Labute approximate surface area is 134 Å². The predicted octanol–water partition coefficient (Wildman–Crippen LogP) is 2.54. The second-order valence-corrected chi connectivity index (χ2v) is 5.84. The van der Waals surface area contributed by atoms with Crippen molar-refractivity contribution in [3.05, 3.63) is 40.6 Å². The Balaban J connectivity index is 2.07. The van der Waals surface area contributed by atoms with Crippen molar-refractivity contribution >= 4 is 23.0 Å². The summed E-state index contributed by atoms with van der Waals surface area (Å²) in [7, 11) is 0. The molecule has 1 aromatic rings. The minimum Gasteiger partial charge on any atom is -0.400 e. The van der Waals surface area contributed by atoms with E-state index in [1.807, 2.05) is 12.1 Å². The van der Waals surface area contributed by atoms with Gasteiger partial charge in [0.05, 0.1) is 25.5 Å². The van der Waals surface area contributed by atoms with E-state index < -0.39 is 5.79 Å². The van der Waals surface area contributed by atoms with Crippen molar-refractivity contribution in [2.24, 2.45) is 10.7 Å². The number of nitrogens with two attached hydrogens (primary N) is 1. The topological polar surface area (TPSA) is 77.1 Å². The van der Waals surface area contributed by atoms with Crippen molar-refractivity contribution in [3.8, 4) is 0 Å². The average molecular weight is 323 g/mol. The molecule has 0 radical (unpaired) electrons. The average Bonchev–Trinajstić information content (AvgIpc) is 2.86. The van der Waals surface area contributed by atoms with Crippen molar-refractivity contribution in [1.82, 2.24) is 0 Å². The third kappa shape index (κ3) is 2.90. The van der Waals surface area contributed by atoms with Crippen LogP contribution >= 0.6 is 11.6 Å². The van der Waals surface area contributed by atoms with Gasteiger partial charge in [0.25, 0.3) is 0 Å². The molecule has 118 valence electrons. The van der Waals surface area contributed by atoms with Crippen molar-refractivity contribution in [1.29, 1.82) is 0 Å². The van der Waals surface area contributed by atoms with E-state index in [1.54, 1.807) is 12.1 Å². The number of benzene rings is 1. The fraction of sp³-hybridized carbons (Fsp3) is 0.438. The SMILES string of the molecule is N/C(CO)=C1/CCC2(OCCCO2)C1=Nc1cccc(Cl)c1. The number of hydrogen-bond acceptors (Lipinski definition) is 5. The van der Waals surface area contributed by atoms with E-state index in [1.165, 1.54) is 0 Å². The minimum atomic E-state index is -0.851. The third-order valence-corrected chi connectivity index (χ3v) is 4.15. The molecule has 2 aliphatic rings. The second-order valence-electron chi connectivity index (χ2n) is 5.41. The Morgan fingerprint density at radius 2 is 2.14 bits per heavy atom. The number of aliphatic hydroxyl groups excluding tert-OH is 1. The smallest absolute Gasteiger partial charge is 0.212 e. The van der Waals surface area contributed by atoms with Crippen LogP contribution < -0.4 is 5.73 Å². The normalized spacial score (nSPS) is 24.9. The summed E-state index contributed by atoms with van der Waals surface area (Å²) in [5.41, 5.74) is 8.54. The molecule has 3 rings (SSSR count). The van der Waals surface area contributed by atoms with E-state index >= 15 is 0 Å². The summed E-state index contributed by atoms with van der Waals surface area (Å²) >= 11 is 6.03. The number of rotatable bonds is 2. The van der Waals surface area contributed by atoms with Crippen molar-refractivity contribution in [2.75, 3.05) is 19.8 Å². The van der Waals surface area contributed by atoms with Gasteiger partial charge in [0.1, 0.15) is 5.71 Å². The highest BCUT2D eigenvalue weighted by Crippen LogP contribution is 2.40. The first-order valence-electron chi connectivity index (χ1n) is 7.36. The molecule has 22 heavy (non-hydrogen) atoms. The highest BCUT2D eigenvalue weighted by atomic mass is 35.5. The van der Waals surface area contributed by atoms with Crippen LogP contribution in [-0.2, 0) is 9.47 Å². The Morgan fingerprint density at radius 3 is 2.82 bits per heavy atom. The number of aliphatic hydroxyl groups is 1. The van der Waals surface area contributed by atoms with Crippen LogP contribution in [0.25, 0.3) is 0 Å². The molecule has 0 aromatic heterocycles. The summed E-state index contributed by atoms with van der Waals surface area (Å²) in [6, 6.07) is 7.27. The maximum atomic E-state index is 9.37. The van der Waals surface area contributed by atoms with E-state index in [0.29, 0.717) is 48.2 Å². The lowest BCUT2D eigenvalue weighted by Crippen LogP contribution is -2.44. The van der Waals surface area contributed by atoms with Gasteiger partial charge in [-0.25, -0.2) is 4.99 Å². The lowest BCUT2D eigenvalue weighted by Gasteiger charge is -2.34. The van der Waals surface area contributed by atoms with Crippen molar-refractivity contribution in [3.63, 3.8) is 0 Å². The fourth-order valence-electron chi connectivity index (χ4n) is 2.85. The molecule has 5 nitrogen and oxygen atoms in total. The number of halogens is 1. The van der Waals surface area contributed by atoms with E-state index in [9.17, 15) is 5.11 Å². The molecular weight excluding hydrogens is 304 g/mol. The maximum Gasteiger partial charge on any atom is 0.212 e. The highest BCUT2D eigenvalue weighted by Gasteiger charge is 2.47. The first-order chi connectivity index (χ1) is 10.6. The Morgan fingerprint density at radius 1 is 1.36 bits per heavy atom. The molecule has 2 fully saturated rings. The van der Waals surface area contributed by atoms with Crippen LogP contribution in [-0.4, -0.2) is 36.4 Å². The molecule has 1 heterocycles. The Hall–Kier alpha value is -1.40. The Kier molecular flexibility index (Phi) is 4.49. The molecule has 1 aromatic carbocycles. The number of nitrogens with zero attached hydrogens (tertiary/aromatic N) is 1. The number of hydrogen-bond donors (Lipinski definition) is 2. The van der Waals surface area contributed by atoms with Gasteiger partial charge < -0.3 is 20.3 Å². The summed E-state index contributed by atoms with van der Waals surface area (Å²) in [5, 5.41) is 9.98. The van der Waals surface area contributed by atoms with Crippen molar-refractivity contribution in [2.45, 2.75) is 25.0 Å². The van der Waals surface area contributed by atoms with Gasteiger partial charge in [-0.2, -0.15) is 0 Å². The first-order valence-corrected chi connectivity index (χ1v) is 7.74. The molecule has 0 unspecified atom stereocenters. The van der Waals surface area contributed by atoms with Crippen LogP contribution in [0.5, 0.6) is 0 Å². The fourth-order valence-corrected chi connectivity index (χ4v) is 3.03. The van der Waals surface area contributed by atoms with Crippen LogP contribution in [0, 0.1) is 0 Å². The molecule has 3 N–H and O–H groups in total. The van der Waals surface area contributed by atoms with Gasteiger partial charge in [0, 0.05) is 22.7 Å². The molecule has 1 saturated heterocycles. The number of aliphatic imine (C=N–C) groups is 1. The van der Waals surface area contributed by atoms with Crippen LogP contribution in [0.4, 0.5) is 5.69 Å². The van der Waals surface area contributed by atoms with Gasteiger partial charge in [-0.3, -0.25) is 0 Å². The summed E-state index contributed by atoms with van der Waals surface area (Å²) in [6.07, 6.45) is 2.19. The number of ether oxygens (including phenoxy) is 2. The standard InChI is InChI=1S/C16H19ClN2O3/c17-11-3-1-4-12(9-11)19-15-13(14(18)10-20)5-6-16(15)21-7-2-8-22-16/h1,3-4,9,20H,2,5-8,10,18H2/b14-13-,19-15?. The summed E-state index contributed by atoms with van der Waals surface area (Å²) in [5.74, 6) is -0.851.